The van der Waals surface area contributed by atoms with Gasteiger partial charge in [-0.25, -0.2) is 9.97 Å². The molecule has 0 fully saturated rings. The normalized spacial score (nSPS) is 11.5. The van der Waals surface area contributed by atoms with Crippen LogP contribution >= 0.6 is 0 Å². The van der Waals surface area contributed by atoms with Crippen molar-refractivity contribution >= 4 is 11.2 Å². The molecule has 0 unspecified atom stereocenters. The van der Waals surface area contributed by atoms with Crippen molar-refractivity contribution in [1.29, 1.82) is 0 Å². The van der Waals surface area contributed by atoms with E-state index in [2.05, 4.69) is 59.7 Å². The molecule has 22 heavy (non-hydrogen) atoms. The van der Waals surface area contributed by atoms with E-state index < -0.39 is 0 Å². The Bertz CT molecular complexity index is 774. The highest BCUT2D eigenvalue weighted by molar-refractivity contribution is 5.71. The van der Waals surface area contributed by atoms with Gasteiger partial charge in [-0.1, -0.05) is 24.3 Å². The Morgan fingerprint density at radius 3 is 2.68 bits per heavy atom. The zero-order chi connectivity index (χ0) is 15.5. The lowest BCUT2D eigenvalue weighted by Crippen LogP contribution is -2.20. The van der Waals surface area contributed by atoms with E-state index in [9.17, 15) is 0 Å². The van der Waals surface area contributed by atoms with Crippen molar-refractivity contribution in [3.05, 3.63) is 59.5 Å². The second kappa shape index (κ2) is 6.28. The first-order valence-corrected chi connectivity index (χ1v) is 7.64. The Balaban J connectivity index is 2.00. The monoisotopic (exact) mass is 294 g/mol. The van der Waals surface area contributed by atoms with Crippen molar-refractivity contribution in [1.82, 2.24) is 19.4 Å². The predicted molar refractivity (Wildman–Crippen MR) is 90.1 cm³/mol. The van der Waals surface area contributed by atoms with Crippen LogP contribution in [0, 0.1) is 6.92 Å². The molecule has 3 rings (SSSR count). The molecule has 0 amide bonds. The highest BCUT2D eigenvalue weighted by atomic mass is 15.2. The lowest BCUT2D eigenvalue weighted by Gasteiger charge is -2.13. The maximum absolute atomic E-state index is 4.81. The number of aromatic nitrogens is 3. The van der Waals surface area contributed by atoms with Gasteiger partial charge in [-0.2, -0.15) is 0 Å². The van der Waals surface area contributed by atoms with Gasteiger partial charge in [0.25, 0.3) is 0 Å². The molecular formula is C18H22N4. The van der Waals surface area contributed by atoms with E-state index in [1.54, 1.807) is 0 Å². The van der Waals surface area contributed by atoms with Crippen molar-refractivity contribution in [3.63, 3.8) is 0 Å². The standard InChI is InChI=1S/C18H22N4/c1-14-7-4-5-8-15(14)13-17-20-16-9-6-10-19-18(16)22(17)12-11-21(2)3/h4-10H,11-13H2,1-3H3. The van der Waals surface area contributed by atoms with Crippen LogP contribution in [0.15, 0.2) is 42.6 Å². The average Bonchev–Trinajstić information content (AvgIpc) is 2.85. The number of hydrogen-bond donors (Lipinski definition) is 0. The zero-order valence-electron chi connectivity index (χ0n) is 13.5. The van der Waals surface area contributed by atoms with Crippen LogP contribution in [0.5, 0.6) is 0 Å². The molecule has 0 saturated carbocycles. The first-order chi connectivity index (χ1) is 10.6. The Hall–Kier alpha value is -2.20. The molecule has 0 aliphatic heterocycles. The number of aryl methyl sites for hydroxylation is 1. The van der Waals surface area contributed by atoms with E-state index >= 15 is 0 Å². The van der Waals surface area contributed by atoms with Gasteiger partial charge in [-0.05, 0) is 44.3 Å². The molecule has 2 heterocycles. The van der Waals surface area contributed by atoms with Crippen LogP contribution in [0.2, 0.25) is 0 Å². The lowest BCUT2D eigenvalue weighted by molar-refractivity contribution is 0.383. The fourth-order valence-electron chi connectivity index (χ4n) is 2.65. The molecule has 0 bridgehead atoms. The minimum atomic E-state index is 0.844. The summed E-state index contributed by atoms with van der Waals surface area (Å²) < 4.78 is 2.25. The molecule has 0 N–H and O–H groups in total. The van der Waals surface area contributed by atoms with Crippen LogP contribution in [-0.2, 0) is 13.0 Å². The van der Waals surface area contributed by atoms with Crippen LogP contribution in [0.25, 0.3) is 11.2 Å². The number of hydrogen-bond acceptors (Lipinski definition) is 3. The molecule has 0 aliphatic carbocycles. The van der Waals surface area contributed by atoms with Gasteiger partial charge in [0, 0.05) is 25.7 Å². The summed E-state index contributed by atoms with van der Waals surface area (Å²) in [5.41, 5.74) is 4.59. The third kappa shape index (κ3) is 3.02. The summed E-state index contributed by atoms with van der Waals surface area (Å²) in [5.74, 6) is 1.09. The maximum Gasteiger partial charge on any atom is 0.160 e. The zero-order valence-corrected chi connectivity index (χ0v) is 13.5. The van der Waals surface area contributed by atoms with E-state index in [0.717, 1.165) is 36.5 Å². The number of likely N-dealkylation sites (N-methyl/N-ethyl adjacent to an activating group) is 1. The molecule has 4 heteroatoms. The Labute approximate surface area is 131 Å². The third-order valence-electron chi connectivity index (χ3n) is 3.96. The van der Waals surface area contributed by atoms with Crippen molar-refractivity contribution in [3.8, 4) is 0 Å². The van der Waals surface area contributed by atoms with E-state index in [0.29, 0.717) is 0 Å². The number of rotatable bonds is 5. The fourth-order valence-corrected chi connectivity index (χ4v) is 2.65. The number of benzene rings is 1. The number of pyridine rings is 1. The summed E-state index contributed by atoms with van der Waals surface area (Å²) in [6.07, 6.45) is 2.68. The van der Waals surface area contributed by atoms with Crippen molar-refractivity contribution in [2.45, 2.75) is 19.9 Å². The largest absolute Gasteiger partial charge is 0.311 e. The molecule has 0 spiro atoms. The molecule has 3 aromatic rings. The van der Waals surface area contributed by atoms with E-state index in [-0.39, 0.29) is 0 Å². The molecule has 0 radical (unpaired) electrons. The topological polar surface area (TPSA) is 34.0 Å². The molecule has 1 aromatic carbocycles. The van der Waals surface area contributed by atoms with Gasteiger partial charge >= 0.3 is 0 Å². The van der Waals surface area contributed by atoms with Gasteiger partial charge in [0.2, 0.25) is 0 Å². The van der Waals surface area contributed by atoms with Gasteiger partial charge in [0.1, 0.15) is 11.3 Å². The first-order valence-electron chi connectivity index (χ1n) is 7.64. The Kier molecular flexibility index (Phi) is 4.20. The Morgan fingerprint density at radius 1 is 1.09 bits per heavy atom. The molecule has 4 nitrogen and oxygen atoms in total. The second-order valence-corrected chi connectivity index (χ2v) is 5.93. The number of fused-ring (bicyclic) bond motifs is 1. The highest BCUT2D eigenvalue weighted by Gasteiger charge is 2.13. The summed E-state index contributed by atoms with van der Waals surface area (Å²) in [6, 6.07) is 12.5. The molecule has 114 valence electrons. The summed E-state index contributed by atoms with van der Waals surface area (Å²) in [4.78, 5) is 11.5. The fraction of sp³-hybridized carbons (Fsp3) is 0.333. The third-order valence-corrected chi connectivity index (χ3v) is 3.96. The number of imidazole rings is 1. The van der Waals surface area contributed by atoms with Crippen LogP contribution in [0.3, 0.4) is 0 Å². The summed E-state index contributed by atoms with van der Waals surface area (Å²) in [6.45, 7) is 4.03. The lowest BCUT2D eigenvalue weighted by atomic mass is 10.1. The van der Waals surface area contributed by atoms with E-state index in [1.807, 2.05) is 18.3 Å². The van der Waals surface area contributed by atoms with Gasteiger partial charge in [0.15, 0.2) is 5.65 Å². The number of nitrogens with zero attached hydrogens (tertiary/aromatic N) is 4. The molecule has 2 aromatic heterocycles. The predicted octanol–water partition coefficient (Wildman–Crippen LogP) is 2.89. The van der Waals surface area contributed by atoms with Gasteiger partial charge in [-0.3, -0.25) is 0 Å². The molecule has 0 saturated heterocycles. The molecular weight excluding hydrogens is 272 g/mol. The minimum absolute atomic E-state index is 0.844. The quantitative estimate of drug-likeness (QED) is 0.725. The molecule has 0 atom stereocenters. The van der Waals surface area contributed by atoms with Crippen molar-refractivity contribution < 1.29 is 0 Å². The summed E-state index contributed by atoms with van der Waals surface area (Å²) >= 11 is 0. The van der Waals surface area contributed by atoms with Crippen LogP contribution in [0.1, 0.15) is 17.0 Å². The Morgan fingerprint density at radius 2 is 1.91 bits per heavy atom. The average molecular weight is 294 g/mol. The second-order valence-electron chi connectivity index (χ2n) is 5.93. The van der Waals surface area contributed by atoms with E-state index in [4.69, 9.17) is 4.98 Å². The van der Waals surface area contributed by atoms with Crippen molar-refractivity contribution in [2.24, 2.45) is 0 Å². The van der Waals surface area contributed by atoms with Crippen molar-refractivity contribution in [2.75, 3.05) is 20.6 Å². The van der Waals surface area contributed by atoms with Crippen LogP contribution in [0.4, 0.5) is 0 Å². The van der Waals surface area contributed by atoms with E-state index in [1.165, 1.54) is 11.1 Å². The van der Waals surface area contributed by atoms with Gasteiger partial charge in [-0.15, -0.1) is 0 Å². The van der Waals surface area contributed by atoms with Gasteiger partial charge in [0.05, 0.1) is 0 Å². The maximum atomic E-state index is 4.81. The SMILES string of the molecule is Cc1ccccc1Cc1nc2cccnc2n1CCN(C)C. The van der Waals surface area contributed by atoms with Crippen LogP contribution < -0.4 is 0 Å². The summed E-state index contributed by atoms with van der Waals surface area (Å²) in [5, 5.41) is 0. The highest BCUT2D eigenvalue weighted by Crippen LogP contribution is 2.18. The van der Waals surface area contributed by atoms with Crippen LogP contribution in [-0.4, -0.2) is 40.1 Å². The van der Waals surface area contributed by atoms with Gasteiger partial charge < -0.3 is 9.47 Å². The minimum Gasteiger partial charge on any atom is -0.311 e. The molecule has 0 aliphatic rings. The summed E-state index contributed by atoms with van der Waals surface area (Å²) in [7, 11) is 4.18. The first kappa shape index (κ1) is 14.7. The smallest absolute Gasteiger partial charge is 0.160 e.